The quantitative estimate of drug-likeness (QED) is 0.626. The molecule has 1 aliphatic heterocycles. The van der Waals surface area contributed by atoms with Crippen molar-refractivity contribution in [3.8, 4) is 0 Å². The molecule has 1 saturated heterocycles. The first-order chi connectivity index (χ1) is 10.1. The summed E-state index contributed by atoms with van der Waals surface area (Å²) in [5.74, 6) is 0.255. The molecule has 2 atom stereocenters. The van der Waals surface area contributed by atoms with Crippen LogP contribution in [-0.4, -0.2) is 29.6 Å². The number of thioether (sulfide) groups is 1. The highest BCUT2D eigenvalue weighted by molar-refractivity contribution is 7.99. The van der Waals surface area contributed by atoms with Gasteiger partial charge in [-0.1, -0.05) is 0 Å². The van der Waals surface area contributed by atoms with Crippen LogP contribution in [-0.2, 0) is 9.53 Å². The highest BCUT2D eigenvalue weighted by Crippen LogP contribution is 2.27. The highest BCUT2D eigenvalue weighted by Gasteiger charge is 2.24. The van der Waals surface area contributed by atoms with E-state index in [4.69, 9.17) is 10.5 Å². The van der Waals surface area contributed by atoms with Gasteiger partial charge in [-0.3, -0.25) is 4.79 Å². The number of carbonyl (C=O) groups is 1. The topological polar surface area (TPSA) is 64.3 Å². The Labute approximate surface area is 128 Å². The summed E-state index contributed by atoms with van der Waals surface area (Å²) >= 11 is 1.85. The molecule has 1 aliphatic rings. The Morgan fingerprint density at radius 1 is 1.57 bits per heavy atom. The van der Waals surface area contributed by atoms with Crippen LogP contribution in [0.15, 0.2) is 18.2 Å². The van der Waals surface area contributed by atoms with Gasteiger partial charge in [0.2, 0.25) is 5.91 Å². The number of halogens is 1. The molecule has 21 heavy (non-hydrogen) atoms. The van der Waals surface area contributed by atoms with Gasteiger partial charge in [0.25, 0.3) is 0 Å². The zero-order chi connectivity index (χ0) is 15.2. The lowest BCUT2D eigenvalue weighted by Crippen LogP contribution is -2.15. The number of ether oxygens (including phenoxy) is 1. The number of hydrogen-bond acceptors (Lipinski definition) is 4. The molecule has 4 nitrogen and oxygen atoms in total. The van der Waals surface area contributed by atoms with Crippen LogP contribution in [0.1, 0.15) is 26.2 Å². The molecule has 2 rings (SSSR count). The average molecular weight is 312 g/mol. The molecule has 0 radical (unpaired) electrons. The molecule has 1 fully saturated rings. The molecule has 1 aromatic rings. The second kappa shape index (κ2) is 7.66. The number of anilines is 2. The minimum absolute atomic E-state index is 0.144. The van der Waals surface area contributed by atoms with E-state index in [1.165, 1.54) is 18.2 Å². The average Bonchev–Trinajstić information content (AvgIpc) is 2.84. The Morgan fingerprint density at radius 3 is 3.10 bits per heavy atom. The molecule has 1 amide bonds. The van der Waals surface area contributed by atoms with Gasteiger partial charge in [0.05, 0.1) is 11.8 Å². The van der Waals surface area contributed by atoms with Crippen LogP contribution in [0, 0.1) is 5.82 Å². The number of amides is 1. The van der Waals surface area contributed by atoms with Gasteiger partial charge in [-0.15, -0.1) is 0 Å². The Hall–Kier alpha value is -1.27. The van der Waals surface area contributed by atoms with Crippen molar-refractivity contribution in [2.75, 3.05) is 23.4 Å². The summed E-state index contributed by atoms with van der Waals surface area (Å²) in [6.07, 6.45) is 2.52. The van der Waals surface area contributed by atoms with Crippen LogP contribution >= 0.6 is 11.8 Å². The normalized spacial score (nSPS) is 21.4. The zero-order valence-electron chi connectivity index (χ0n) is 12.1. The van der Waals surface area contributed by atoms with E-state index in [0.29, 0.717) is 23.5 Å². The van der Waals surface area contributed by atoms with Crippen LogP contribution in [0.3, 0.4) is 0 Å². The largest absolute Gasteiger partial charge is 0.399 e. The summed E-state index contributed by atoms with van der Waals surface area (Å²) in [5, 5.41) is 3.09. The molecule has 0 aliphatic carbocycles. The van der Waals surface area contributed by atoms with Gasteiger partial charge >= 0.3 is 0 Å². The Balaban J connectivity index is 1.69. The maximum atomic E-state index is 13.5. The minimum Gasteiger partial charge on any atom is -0.399 e. The molecule has 0 aromatic heterocycles. The smallest absolute Gasteiger partial charge is 0.224 e. The van der Waals surface area contributed by atoms with Crippen molar-refractivity contribution in [3.63, 3.8) is 0 Å². The lowest BCUT2D eigenvalue weighted by Gasteiger charge is -2.13. The number of benzene rings is 1. The zero-order valence-corrected chi connectivity index (χ0v) is 12.9. The minimum atomic E-state index is -0.469. The summed E-state index contributed by atoms with van der Waals surface area (Å²) in [4.78, 5) is 11.8. The lowest BCUT2D eigenvalue weighted by atomic mass is 10.2. The maximum absolute atomic E-state index is 13.5. The van der Waals surface area contributed by atoms with Crippen LogP contribution in [0.4, 0.5) is 15.8 Å². The molecule has 1 heterocycles. The van der Waals surface area contributed by atoms with E-state index >= 15 is 0 Å². The van der Waals surface area contributed by atoms with E-state index in [1.54, 1.807) is 0 Å². The molecule has 3 N–H and O–H groups in total. The molecule has 1 aromatic carbocycles. The van der Waals surface area contributed by atoms with Gasteiger partial charge < -0.3 is 15.8 Å². The van der Waals surface area contributed by atoms with E-state index in [-0.39, 0.29) is 11.6 Å². The van der Waals surface area contributed by atoms with Gasteiger partial charge in [-0.25, -0.2) is 4.39 Å². The fourth-order valence-electron chi connectivity index (χ4n) is 2.25. The van der Waals surface area contributed by atoms with E-state index in [0.717, 1.165) is 25.2 Å². The Kier molecular flexibility index (Phi) is 5.87. The molecule has 0 spiro atoms. The predicted molar refractivity (Wildman–Crippen MR) is 85.0 cm³/mol. The van der Waals surface area contributed by atoms with Gasteiger partial charge in [0.1, 0.15) is 5.82 Å². The maximum Gasteiger partial charge on any atom is 0.224 e. The molecule has 0 bridgehead atoms. The predicted octanol–water partition coefficient (Wildman–Crippen LogP) is 3.04. The summed E-state index contributed by atoms with van der Waals surface area (Å²) in [5.41, 5.74) is 6.15. The van der Waals surface area contributed by atoms with Crippen LogP contribution in [0.25, 0.3) is 0 Å². The summed E-state index contributed by atoms with van der Waals surface area (Å²) in [6.45, 7) is 2.91. The number of nitrogens with one attached hydrogen (secondary N) is 1. The van der Waals surface area contributed by atoms with E-state index in [1.807, 2.05) is 11.8 Å². The molecule has 0 saturated carbocycles. The number of nitrogens with two attached hydrogens (primary N) is 1. The van der Waals surface area contributed by atoms with E-state index < -0.39 is 5.82 Å². The van der Waals surface area contributed by atoms with E-state index in [9.17, 15) is 9.18 Å². The highest BCUT2D eigenvalue weighted by atomic mass is 32.2. The van der Waals surface area contributed by atoms with Crippen molar-refractivity contribution in [1.29, 1.82) is 0 Å². The molecular formula is C15H21FN2O2S. The van der Waals surface area contributed by atoms with Crippen LogP contribution < -0.4 is 11.1 Å². The molecule has 6 heteroatoms. The Bertz CT molecular complexity index is 499. The van der Waals surface area contributed by atoms with Crippen molar-refractivity contribution < 1.29 is 13.9 Å². The second-order valence-electron chi connectivity index (χ2n) is 5.16. The fourth-order valence-corrected chi connectivity index (χ4v) is 3.48. The van der Waals surface area contributed by atoms with Crippen LogP contribution in [0.2, 0.25) is 0 Å². The first-order valence-corrected chi connectivity index (χ1v) is 8.19. The van der Waals surface area contributed by atoms with Crippen molar-refractivity contribution in [3.05, 3.63) is 24.0 Å². The van der Waals surface area contributed by atoms with Gasteiger partial charge in [0, 0.05) is 24.0 Å². The lowest BCUT2D eigenvalue weighted by molar-refractivity contribution is -0.116. The molecule has 116 valence electrons. The summed E-state index contributed by atoms with van der Waals surface area (Å²) in [6, 6.07) is 4.15. The molecule has 2 unspecified atom stereocenters. The first-order valence-electron chi connectivity index (χ1n) is 7.14. The second-order valence-corrected chi connectivity index (χ2v) is 6.51. The van der Waals surface area contributed by atoms with Gasteiger partial charge in [0.15, 0.2) is 0 Å². The Morgan fingerprint density at radius 2 is 2.38 bits per heavy atom. The number of rotatable bonds is 6. The standard InChI is InChI=1S/C15H21FN2O2S/c1-10-14(6-7-20-10)21-8-2-3-15(19)18-13-9-11(17)4-5-12(13)16/h4-5,9-10,14H,2-3,6-8,17H2,1H3,(H,18,19). The SMILES string of the molecule is CC1OCCC1SCCCC(=O)Nc1cc(N)ccc1F. The van der Waals surface area contributed by atoms with Gasteiger partial charge in [-0.2, -0.15) is 11.8 Å². The molecular weight excluding hydrogens is 291 g/mol. The monoisotopic (exact) mass is 312 g/mol. The van der Waals surface area contributed by atoms with Gasteiger partial charge in [-0.05, 0) is 43.7 Å². The number of nitrogen functional groups attached to an aromatic ring is 1. The van der Waals surface area contributed by atoms with Crippen molar-refractivity contribution in [2.24, 2.45) is 0 Å². The fraction of sp³-hybridized carbons (Fsp3) is 0.533. The summed E-state index contributed by atoms with van der Waals surface area (Å²) < 4.78 is 19.0. The third kappa shape index (κ3) is 4.89. The van der Waals surface area contributed by atoms with E-state index in [2.05, 4.69) is 12.2 Å². The summed E-state index contributed by atoms with van der Waals surface area (Å²) in [7, 11) is 0. The first kappa shape index (κ1) is 16.1. The van der Waals surface area contributed by atoms with Crippen molar-refractivity contribution in [2.45, 2.75) is 37.5 Å². The van der Waals surface area contributed by atoms with Crippen LogP contribution in [0.5, 0.6) is 0 Å². The van der Waals surface area contributed by atoms with Crippen molar-refractivity contribution in [1.82, 2.24) is 0 Å². The number of hydrogen-bond donors (Lipinski definition) is 2. The number of carbonyl (C=O) groups excluding carboxylic acids is 1. The third-order valence-electron chi connectivity index (χ3n) is 3.45. The third-order valence-corrected chi connectivity index (χ3v) is 5.02. The van der Waals surface area contributed by atoms with Crippen molar-refractivity contribution >= 4 is 29.0 Å².